The third-order valence-electron chi connectivity index (χ3n) is 3.80. The van der Waals surface area contributed by atoms with Crippen molar-refractivity contribution in [1.82, 2.24) is 4.98 Å². The van der Waals surface area contributed by atoms with Crippen LogP contribution in [0, 0.1) is 6.92 Å². The van der Waals surface area contributed by atoms with E-state index in [0.29, 0.717) is 11.3 Å². The molecule has 1 N–H and O–H groups in total. The molecule has 7 heteroatoms. The molecule has 0 aliphatic carbocycles. The molecule has 0 radical (unpaired) electrons. The van der Waals surface area contributed by atoms with Crippen LogP contribution < -0.4 is 5.32 Å². The highest BCUT2D eigenvalue weighted by Gasteiger charge is 2.20. The first kappa shape index (κ1) is 17.6. The number of carbonyl (C=O) groups is 1. The zero-order valence-corrected chi connectivity index (χ0v) is 15.7. The van der Waals surface area contributed by atoms with Crippen LogP contribution >= 0.6 is 11.3 Å². The van der Waals surface area contributed by atoms with Gasteiger partial charge in [-0.15, -0.1) is 11.3 Å². The topological polar surface area (TPSA) is 76.1 Å². The number of amides is 1. The lowest BCUT2D eigenvalue weighted by molar-refractivity contribution is 0.102. The van der Waals surface area contributed by atoms with Gasteiger partial charge in [0.1, 0.15) is 0 Å². The van der Waals surface area contributed by atoms with E-state index in [1.807, 2.05) is 19.1 Å². The Kier molecular flexibility index (Phi) is 4.62. The predicted molar refractivity (Wildman–Crippen MR) is 101 cm³/mol. The molecule has 2 aromatic carbocycles. The SMILES string of the molecule is Cc1nc2ccc(NC(=O)c3cccc(S(=O)(=O)C(C)C)c3)cc2s1. The van der Waals surface area contributed by atoms with Crippen LogP contribution in [-0.4, -0.2) is 24.6 Å². The Bertz CT molecular complexity index is 1050. The van der Waals surface area contributed by atoms with Gasteiger partial charge in [0.25, 0.3) is 5.91 Å². The summed E-state index contributed by atoms with van der Waals surface area (Å²) in [6.07, 6.45) is 0. The molecule has 0 unspecified atom stereocenters. The molecule has 0 aliphatic heterocycles. The minimum absolute atomic E-state index is 0.156. The molecular weight excluding hydrogens is 356 g/mol. The van der Waals surface area contributed by atoms with Crippen LogP contribution in [0.5, 0.6) is 0 Å². The van der Waals surface area contributed by atoms with Gasteiger partial charge >= 0.3 is 0 Å². The Morgan fingerprint density at radius 2 is 1.92 bits per heavy atom. The Labute approximate surface area is 150 Å². The van der Waals surface area contributed by atoms with Gasteiger partial charge in [-0.25, -0.2) is 13.4 Å². The van der Waals surface area contributed by atoms with Crippen molar-refractivity contribution < 1.29 is 13.2 Å². The molecule has 0 bridgehead atoms. The molecule has 0 spiro atoms. The molecule has 1 amide bonds. The fourth-order valence-electron chi connectivity index (χ4n) is 2.41. The number of anilines is 1. The number of hydrogen-bond donors (Lipinski definition) is 1. The van der Waals surface area contributed by atoms with Crippen molar-refractivity contribution in [3.8, 4) is 0 Å². The van der Waals surface area contributed by atoms with Crippen molar-refractivity contribution in [2.24, 2.45) is 0 Å². The van der Waals surface area contributed by atoms with Crippen molar-refractivity contribution in [3.63, 3.8) is 0 Å². The van der Waals surface area contributed by atoms with Crippen LogP contribution in [0.25, 0.3) is 10.2 Å². The standard InChI is InChI=1S/C18H18N2O3S2/c1-11(2)25(22,23)15-6-4-5-13(9-15)18(21)20-14-7-8-16-17(10-14)24-12(3)19-16/h4-11H,1-3H3,(H,20,21). The predicted octanol–water partition coefficient (Wildman–Crippen LogP) is 4.04. The molecule has 1 aromatic heterocycles. The summed E-state index contributed by atoms with van der Waals surface area (Å²) in [5.74, 6) is -0.346. The summed E-state index contributed by atoms with van der Waals surface area (Å²) in [5.41, 5.74) is 1.85. The van der Waals surface area contributed by atoms with Crippen LogP contribution in [-0.2, 0) is 9.84 Å². The second-order valence-corrected chi connectivity index (χ2v) is 9.73. The Balaban J connectivity index is 1.87. The van der Waals surface area contributed by atoms with E-state index >= 15 is 0 Å². The number of rotatable bonds is 4. The quantitative estimate of drug-likeness (QED) is 0.748. The minimum Gasteiger partial charge on any atom is -0.322 e. The summed E-state index contributed by atoms with van der Waals surface area (Å²) in [7, 11) is -3.42. The molecule has 0 saturated heterocycles. The Morgan fingerprint density at radius 1 is 1.16 bits per heavy atom. The van der Waals surface area contributed by atoms with Gasteiger partial charge in [0.05, 0.1) is 25.4 Å². The number of sulfone groups is 1. The highest BCUT2D eigenvalue weighted by molar-refractivity contribution is 7.92. The molecule has 3 rings (SSSR count). The summed E-state index contributed by atoms with van der Waals surface area (Å²) in [5, 5.41) is 3.24. The molecule has 25 heavy (non-hydrogen) atoms. The first-order valence-electron chi connectivity index (χ1n) is 7.80. The summed E-state index contributed by atoms with van der Waals surface area (Å²) >= 11 is 1.56. The van der Waals surface area contributed by atoms with E-state index in [1.54, 1.807) is 43.4 Å². The van der Waals surface area contributed by atoms with Gasteiger partial charge in [-0.2, -0.15) is 0 Å². The van der Waals surface area contributed by atoms with E-state index < -0.39 is 15.1 Å². The third kappa shape index (κ3) is 3.57. The number of fused-ring (bicyclic) bond motifs is 1. The fourth-order valence-corrected chi connectivity index (χ4v) is 4.38. The number of nitrogens with one attached hydrogen (secondary N) is 1. The molecule has 0 fully saturated rings. The van der Waals surface area contributed by atoms with Gasteiger partial charge in [0.2, 0.25) is 0 Å². The van der Waals surface area contributed by atoms with Gasteiger partial charge < -0.3 is 5.32 Å². The minimum atomic E-state index is -3.42. The van der Waals surface area contributed by atoms with Crippen LogP contribution in [0.2, 0.25) is 0 Å². The average Bonchev–Trinajstić information content (AvgIpc) is 2.94. The Hall–Kier alpha value is -2.25. The van der Waals surface area contributed by atoms with Crippen LogP contribution in [0.15, 0.2) is 47.4 Å². The van der Waals surface area contributed by atoms with Crippen molar-refractivity contribution in [3.05, 3.63) is 53.0 Å². The van der Waals surface area contributed by atoms with Crippen molar-refractivity contribution >= 4 is 43.0 Å². The van der Waals surface area contributed by atoms with E-state index in [0.717, 1.165) is 15.2 Å². The number of thiazole rings is 1. The number of hydrogen-bond acceptors (Lipinski definition) is 5. The molecule has 0 saturated carbocycles. The zero-order valence-electron chi connectivity index (χ0n) is 14.1. The molecule has 130 valence electrons. The number of nitrogens with zero attached hydrogens (tertiary/aromatic N) is 1. The van der Waals surface area contributed by atoms with E-state index in [4.69, 9.17) is 0 Å². The highest BCUT2D eigenvalue weighted by atomic mass is 32.2. The largest absolute Gasteiger partial charge is 0.322 e. The molecular formula is C18H18N2O3S2. The van der Waals surface area contributed by atoms with E-state index in [1.165, 1.54) is 12.1 Å². The second kappa shape index (κ2) is 6.57. The average molecular weight is 374 g/mol. The van der Waals surface area contributed by atoms with E-state index in [-0.39, 0.29) is 10.8 Å². The smallest absolute Gasteiger partial charge is 0.255 e. The van der Waals surface area contributed by atoms with Crippen molar-refractivity contribution in [2.45, 2.75) is 30.9 Å². The van der Waals surface area contributed by atoms with Crippen molar-refractivity contribution in [1.29, 1.82) is 0 Å². The molecule has 1 heterocycles. The van der Waals surface area contributed by atoms with Gasteiger partial charge in [0, 0.05) is 11.3 Å². The van der Waals surface area contributed by atoms with Crippen LogP contribution in [0.4, 0.5) is 5.69 Å². The van der Waals surface area contributed by atoms with E-state index in [9.17, 15) is 13.2 Å². The maximum Gasteiger partial charge on any atom is 0.255 e. The molecule has 0 atom stereocenters. The van der Waals surface area contributed by atoms with Gasteiger partial charge in [-0.1, -0.05) is 6.07 Å². The lowest BCUT2D eigenvalue weighted by Crippen LogP contribution is -2.16. The lowest BCUT2D eigenvalue weighted by Gasteiger charge is -2.10. The highest BCUT2D eigenvalue weighted by Crippen LogP contribution is 2.25. The van der Waals surface area contributed by atoms with E-state index in [2.05, 4.69) is 10.3 Å². The van der Waals surface area contributed by atoms with Gasteiger partial charge in [0.15, 0.2) is 9.84 Å². The number of benzene rings is 2. The molecule has 3 aromatic rings. The monoisotopic (exact) mass is 374 g/mol. The third-order valence-corrected chi connectivity index (χ3v) is 6.88. The summed E-state index contributed by atoms with van der Waals surface area (Å²) in [6, 6.07) is 11.6. The zero-order chi connectivity index (χ0) is 18.2. The number of aryl methyl sites for hydroxylation is 1. The first-order chi connectivity index (χ1) is 11.8. The van der Waals surface area contributed by atoms with Gasteiger partial charge in [-0.3, -0.25) is 4.79 Å². The maximum absolute atomic E-state index is 12.5. The van der Waals surface area contributed by atoms with Gasteiger partial charge in [-0.05, 0) is 57.2 Å². The molecule has 5 nitrogen and oxygen atoms in total. The Morgan fingerprint density at radius 3 is 2.64 bits per heavy atom. The van der Waals surface area contributed by atoms with Crippen molar-refractivity contribution in [2.75, 3.05) is 5.32 Å². The summed E-state index contributed by atoms with van der Waals surface area (Å²) in [6.45, 7) is 5.17. The van der Waals surface area contributed by atoms with Crippen LogP contribution in [0.3, 0.4) is 0 Å². The fraction of sp³-hybridized carbons (Fsp3) is 0.222. The molecule has 0 aliphatic rings. The normalized spacial score (nSPS) is 11.8. The maximum atomic E-state index is 12.5. The second-order valence-electron chi connectivity index (χ2n) is 5.99. The van der Waals surface area contributed by atoms with Crippen LogP contribution in [0.1, 0.15) is 29.2 Å². The first-order valence-corrected chi connectivity index (χ1v) is 10.2. The number of carbonyl (C=O) groups excluding carboxylic acids is 1. The number of aromatic nitrogens is 1. The summed E-state index contributed by atoms with van der Waals surface area (Å²) < 4.78 is 25.5. The summed E-state index contributed by atoms with van der Waals surface area (Å²) in [4.78, 5) is 17.0. The lowest BCUT2D eigenvalue weighted by atomic mass is 10.2.